The van der Waals surface area contributed by atoms with Gasteiger partial charge in [0, 0.05) is 36.9 Å². The quantitative estimate of drug-likeness (QED) is 0.161. The molecule has 0 saturated heterocycles. The highest BCUT2D eigenvalue weighted by Crippen LogP contribution is 2.58. The first-order valence-electron chi connectivity index (χ1n) is 21.0. The summed E-state index contributed by atoms with van der Waals surface area (Å²) < 4.78 is 2.58. The van der Waals surface area contributed by atoms with Gasteiger partial charge in [-0.25, -0.2) is 15.0 Å². The molecule has 290 valence electrons. The van der Waals surface area contributed by atoms with Crippen LogP contribution in [0.15, 0.2) is 224 Å². The zero-order valence-electron chi connectivity index (χ0n) is 33.6. The standard InChI is InChI=1S/C58H37N3S/c1-5-18-38(19-6-1)41-34-42(40-32-33-53-49(37-40)46-26-14-16-31-52(46)62-53)36-43(35-41)56-59-55(39-20-7-2-8-21-39)60-57(61-56)48-28-17-30-51-54(48)47-27-13-15-29-50(47)58(51,44-22-9-3-10-23-44)45-24-11-4-12-25-45/h1-37H. The summed E-state index contributed by atoms with van der Waals surface area (Å²) in [6, 6.07) is 80.5. The summed E-state index contributed by atoms with van der Waals surface area (Å²) in [5.74, 6) is 1.89. The monoisotopic (exact) mass is 807 g/mol. The Kier molecular flexibility index (Phi) is 8.58. The van der Waals surface area contributed by atoms with Gasteiger partial charge < -0.3 is 0 Å². The van der Waals surface area contributed by atoms with E-state index in [0.717, 1.165) is 44.5 Å². The first kappa shape index (κ1) is 36.1. The summed E-state index contributed by atoms with van der Waals surface area (Å²) in [6.45, 7) is 0. The van der Waals surface area contributed by atoms with E-state index in [1.165, 1.54) is 48.0 Å². The normalized spacial score (nSPS) is 12.6. The minimum atomic E-state index is -0.545. The van der Waals surface area contributed by atoms with Crippen LogP contribution >= 0.6 is 11.3 Å². The maximum absolute atomic E-state index is 5.47. The molecule has 0 atom stereocenters. The molecule has 1 aliphatic carbocycles. The number of benzene rings is 9. The van der Waals surface area contributed by atoms with Crippen molar-refractivity contribution in [2.24, 2.45) is 0 Å². The number of aromatic nitrogens is 3. The van der Waals surface area contributed by atoms with Gasteiger partial charge in [0.2, 0.25) is 0 Å². The largest absolute Gasteiger partial charge is 0.208 e. The topological polar surface area (TPSA) is 38.7 Å². The number of hydrogen-bond donors (Lipinski definition) is 0. The van der Waals surface area contributed by atoms with Crippen LogP contribution in [0, 0.1) is 0 Å². The highest BCUT2D eigenvalue weighted by Gasteiger charge is 2.47. The molecular weight excluding hydrogens is 771 g/mol. The van der Waals surface area contributed by atoms with E-state index in [1.807, 2.05) is 29.5 Å². The smallest absolute Gasteiger partial charge is 0.164 e. The zero-order chi connectivity index (χ0) is 41.0. The molecule has 12 rings (SSSR count). The van der Waals surface area contributed by atoms with Crippen LogP contribution in [0.3, 0.4) is 0 Å². The second-order valence-corrected chi connectivity index (χ2v) is 17.0. The van der Waals surface area contributed by atoms with Crippen LogP contribution in [-0.2, 0) is 5.41 Å². The lowest BCUT2D eigenvalue weighted by atomic mass is 9.67. The fourth-order valence-electron chi connectivity index (χ4n) is 9.65. The van der Waals surface area contributed by atoms with E-state index in [4.69, 9.17) is 15.0 Å². The van der Waals surface area contributed by atoms with E-state index in [2.05, 4.69) is 206 Å². The van der Waals surface area contributed by atoms with Gasteiger partial charge in [0.1, 0.15) is 0 Å². The van der Waals surface area contributed by atoms with Crippen LogP contribution in [0.5, 0.6) is 0 Å². The number of nitrogens with zero attached hydrogens (tertiary/aromatic N) is 3. The molecule has 0 aliphatic heterocycles. The van der Waals surface area contributed by atoms with Gasteiger partial charge in [-0.15, -0.1) is 11.3 Å². The molecule has 0 spiro atoms. The molecule has 0 N–H and O–H groups in total. The molecule has 3 nitrogen and oxygen atoms in total. The van der Waals surface area contributed by atoms with E-state index >= 15 is 0 Å². The molecule has 0 fully saturated rings. The van der Waals surface area contributed by atoms with E-state index in [0.29, 0.717) is 17.5 Å². The third-order valence-corrected chi connectivity index (χ3v) is 13.6. The van der Waals surface area contributed by atoms with Gasteiger partial charge in [0.25, 0.3) is 0 Å². The summed E-state index contributed by atoms with van der Waals surface area (Å²) in [5, 5.41) is 2.55. The molecule has 0 saturated carbocycles. The number of rotatable bonds is 7. The Morgan fingerprint density at radius 1 is 0.306 bits per heavy atom. The number of hydrogen-bond acceptors (Lipinski definition) is 4. The van der Waals surface area contributed by atoms with Crippen molar-refractivity contribution in [2.75, 3.05) is 0 Å². The van der Waals surface area contributed by atoms with Gasteiger partial charge in [0.15, 0.2) is 17.5 Å². The highest BCUT2D eigenvalue weighted by molar-refractivity contribution is 7.25. The first-order valence-corrected chi connectivity index (χ1v) is 21.8. The second kappa shape index (κ2) is 14.7. The molecule has 9 aromatic carbocycles. The van der Waals surface area contributed by atoms with Crippen LogP contribution in [-0.4, -0.2) is 15.0 Å². The van der Waals surface area contributed by atoms with E-state index in [1.54, 1.807) is 0 Å². The molecule has 0 unspecified atom stereocenters. The lowest BCUT2D eigenvalue weighted by Gasteiger charge is -2.33. The van der Waals surface area contributed by atoms with Crippen molar-refractivity contribution in [1.29, 1.82) is 0 Å². The molecule has 0 radical (unpaired) electrons. The summed E-state index contributed by atoms with van der Waals surface area (Å²) in [6.07, 6.45) is 0. The third kappa shape index (κ3) is 5.83. The van der Waals surface area contributed by atoms with Gasteiger partial charge in [-0.1, -0.05) is 188 Å². The SMILES string of the molecule is c1ccc(-c2cc(-c3ccc4sc5ccccc5c4c3)cc(-c3nc(-c4ccccc4)nc(-c4cccc5c4-c4ccccc4C5(c4ccccc4)c4ccccc4)n3)c2)cc1. The van der Waals surface area contributed by atoms with Crippen molar-refractivity contribution in [3.63, 3.8) is 0 Å². The average molecular weight is 808 g/mol. The van der Waals surface area contributed by atoms with E-state index < -0.39 is 5.41 Å². The average Bonchev–Trinajstić information content (AvgIpc) is 3.88. The Hall–Kier alpha value is -7.79. The van der Waals surface area contributed by atoms with E-state index in [9.17, 15) is 0 Å². The third-order valence-electron chi connectivity index (χ3n) is 12.4. The van der Waals surface area contributed by atoms with Gasteiger partial charge in [-0.05, 0) is 92.0 Å². The molecule has 11 aromatic rings. The first-order chi connectivity index (χ1) is 30.7. The van der Waals surface area contributed by atoms with Crippen molar-refractivity contribution in [3.8, 4) is 67.5 Å². The molecule has 4 heteroatoms. The highest BCUT2D eigenvalue weighted by atomic mass is 32.1. The molecule has 0 amide bonds. The lowest BCUT2D eigenvalue weighted by Crippen LogP contribution is -2.28. The summed E-state index contributed by atoms with van der Waals surface area (Å²) >= 11 is 1.84. The molecule has 62 heavy (non-hydrogen) atoms. The maximum Gasteiger partial charge on any atom is 0.164 e. The minimum Gasteiger partial charge on any atom is -0.208 e. The van der Waals surface area contributed by atoms with Crippen LogP contribution in [0.4, 0.5) is 0 Å². The Morgan fingerprint density at radius 2 is 0.823 bits per heavy atom. The fourth-order valence-corrected chi connectivity index (χ4v) is 10.7. The Labute approximate surface area is 364 Å². The minimum absolute atomic E-state index is 0.545. The predicted octanol–water partition coefficient (Wildman–Crippen LogP) is 14.9. The number of fused-ring (bicyclic) bond motifs is 6. The predicted molar refractivity (Wildman–Crippen MR) is 257 cm³/mol. The van der Waals surface area contributed by atoms with Crippen LogP contribution < -0.4 is 0 Å². The fraction of sp³-hybridized carbons (Fsp3) is 0.0172. The number of thiophene rings is 1. The summed E-state index contributed by atoms with van der Waals surface area (Å²) in [4.78, 5) is 16.1. The van der Waals surface area contributed by atoms with Crippen molar-refractivity contribution < 1.29 is 0 Å². The Morgan fingerprint density at radius 3 is 1.55 bits per heavy atom. The van der Waals surface area contributed by atoms with Crippen LogP contribution in [0.2, 0.25) is 0 Å². The Balaban J connectivity index is 1.11. The van der Waals surface area contributed by atoms with Crippen LogP contribution in [0.25, 0.3) is 87.7 Å². The molecule has 0 bridgehead atoms. The second-order valence-electron chi connectivity index (χ2n) is 15.9. The van der Waals surface area contributed by atoms with Crippen molar-refractivity contribution in [3.05, 3.63) is 247 Å². The van der Waals surface area contributed by atoms with Crippen molar-refractivity contribution >= 4 is 31.5 Å². The summed E-state index contributed by atoms with van der Waals surface area (Å²) in [7, 11) is 0. The van der Waals surface area contributed by atoms with Crippen molar-refractivity contribution in [1.82, 2.24) is 15.0 Å². The molecule has 2 heterocycles. The van der Waals surface area contributed by atoms with Gasteiger partial charge in [0.05, 0.1) is 5.41 Å². The molecular formula is C58H37N3S. The lowest BCUT2D eigenvalue weighted by molar-refractivity contribution is 0.768. The molecule has 1 aliphatic rings. The van der Waals surface area contributed by atoms with E-state index in [-0.39, 0.29) is 0 Å². The van der Waals surface area contributed by atoms with Gasteiger partial charge in [-0.3, -0.25) is 0 Å². The summed E-state index contributed by atoms with van der Waals surface area (Å²) in [5.41, 5.74) is 14.0. The van der Waals surface area contributed by atoms with Crippen molar-refractivity contribution in [2.45, 2.75) is 5.41 Å². The molecule has 2 aromatic heterocycles. The van der Waals surface area contributed by atoms with Gasteiger partial charge in [-0.2, -0.15) is 0 Å². The zero-order valence-corrected chi connectivity index (χ0v) is 34.4. The van der Waals surface area contributed by atoms with Gasteiger partial charge >= 0.3 is 0 Å². The van der Waals surface area contributed by atoms with Crippen LogP contribution in [0.1, 0.15) is 22.3 Å². The Bertz CT molecular complexity index is 3410. The maximum atomic E-state index is 5.47.